The highest BCUT2D eigenvalue weighted by atomic mass is 127. The highest BCUT2D eigenvalue weighted by molar-refractivity contribution is 14.1. The summed E-state index contributed by atoms with van der Waals surface area (Å²) in [5.74, 6) is 1.73. The summed E-state index contributed by atoms with van der Waals surface area (Å²) in [5.41, 5.74) is 2.89. The molecule has 0 N–H and O–H groups in total. The van der Waals surface area contributed by atoms with Crippen LogP contribution in [-0.4, -0.2) is 23.0 Å². The quantitative estimate of drug-likeness (QED) is 0.124. The van der Waals surface area contributed by atoms with Gasteiger partial charge in [0, 0.05) is 15.4 Å². The number of hydrogen-bond acceptors (Lipinski definition) is 7. The van der Waals surface area contributed by atoms with Crippen LogP contribution in [0.25, 0.3) is 33.5 Å². The van der Waals surface area contributed by atoms with Crippen LogP contribution in [0.1, 0.15) is 16.7 Å². The molecule has 0 bridgehead atoms. The Morgan fingerprint density at radius 1 is 1.10 bits per heavy atom. The third kappa shape index (κ3) is 5.41. The van der Waals surface area contributed by atoms with Crippen molar-refractivity contribution in [2.45, 2.75) is 6.61 Å². The van der Waals surface area contributed by atoms with Crippen molar-refractivity contribution in [2.24, 2.45) is 5.10 Å². The van der Waals surface area contributed by atoms with Crippen molar-refractivity contribution in [3.05, 3.63) is 120 Å². The standard InChI is InChI=1S/C32H20BrIN4O4/c1-40-28-13-19(12-25(34)30(28)41-18-21-7-3-2-6-20(21)16-35)17-36-38-31(37-26-9-5-4-8-24(26)32(38)39)29-15-22-14-23(33)10-11-27(22)42-29/h2-15,17H,18H2,1H3. The van der Waals surface area contributed by atoms with Gasteiger partial charge in [0.15, 0.2) is 17.3 Å². The first-order valence-electron chi connectivity index (χ1n) is 12.7. The molecule has 0 spiro atoms. The Morgan fingerprint density at radius 3 is 2.74 bits per heavy atom. The normalized spacial score (nSPS) is 11.3. The molecule has 0 amide bonds. The number of fused-ring (bicyclic) bond motifs is 2. The highest BCUT2D eigenvalue weighted by Gasteiger charge is 2.17. The number of methoxy groups -OCH3 is 1. The zero-order chi connectivity index (χ0) is 29.2. The number of hydrogen-bond donors (Lipinski definition) is 0. The molecule has 206 valence electrons. The molecule has 0 aliphatic heterocycles. The molecular weight excluding hydrogens is 711 g/mol. The summed E-state index contributed by atoms with van der Waals surface area (Å²) in [5, 5.41) is 15.3. The third-order valence-electron chi connectivity index (χ3n) is 6.54. The van der Waals surface area contributed by atoms with Crippen LogP contribution in [0.4, 0.5) is 0 Å². The van der Waals surface area contributed by atoms with Crippen molar-refractivity contribution < 1.29 is 13.9 Å². The number of ether oxygens (including phenoxy) is 2. The monoisotopic (exact) mass is 730 g/mol. The fourth-order valence-electron chi connectivity index (χ4n) is 4.50. The minimum absolute atomic E-state index is 0.207. The van der Waals surface area contributed by atoms with Gasteiger partial charge in [0.25, 0.3) is 5.56 Å². The summed E-state index contributed by atoms with van der Waals surface area (Å²) in [4.78, 5) is 18.4. The van der Waals surface area contributed by atoms with Gasteiger partial charge < -0.3 is 13.9 Å². The number of halogens is 2. The summed E-state index contributed by atoms with van der Waals surface area (Å²) in [6.45, 7) is 0.207. The molecule has 8 nitrogen and oxygen atoms in total. The molecule has 0 aliphatic rings. The van der Waals surface area contributed by atoms with Crippen molar-refractivity contribution in [3.8, 4) is 29.2 Å². The first kappa shape index (κ1) is 27.7. The highest BCUT2D eigenvalue weighted by Crippen LogP contribution is 2.35. The smallest absolute Gasteiger partial charge is 0.282 e. The van der Waals surface area contributed by atoms with Gasteiger partial charge in [-0.3, -0.25) is 4.79 Å². The van der Waals surface area contributed by atoms with Crippen LogP contribution < -0.4 is 15.0 Å². The van der Waals surface area contributed by atoms with Crippen LogP contribution in [0.3, 0.4) is 0 Å². The van der Waals surface area contributed by atoms with Crippen molar-refractivity contribution >= 4 is 66.6 Å². The van der Waals surface area contributed by atoms with E-state index >= 15 is 0 Å². The molecule has 4 aromatic carbocycles. The minimum atomic E-state index is -0.328. The van der Waals surface area contributed by atoms with Gasteiger partial charge >= 0.3 is 0 Å². The lowest BCUT2D eigenvalue weighted by Crippen LogP contribution is -2.20. The lowest BCUT2D eigenvalue weighted by atomic mass is 10.1. The molecule has 6 aromatic rings. The predicted octanol–water partition coefficient (Wildman–Crippen LogP) is 7.52. The zero-order valence-corrected chi connectivity index (χ0v) is 25.8. The van der Waals surface area contributed by atoms with Crippen molar-refractivity contribution in [3.63, 3.8) is 0 Å². The van der Waals surface area contributed by atoms with Crippen LogP contribution >= 0.6 is 38.5 Å². The van der Waals surface area contributed by atoms with Gasteiger partial charge in [-0.2, -0.15) is 15.0 Å². The average molecular weight is 731 g/mol. The fraction of sp³-hybridized carbons (Fsp3) is 0.0625. The van der Waals surface area contributed by atoms with E-state index in [-0.39, 0.29) is 18.0 Å². The van der Waals surface area contributed by atoms with Crippen LogP contribution in [0, 0.1) is 14.9 Å². The number of rotatable bonds is 7. The van der Waals surface area contributed by atoms with E-state index in [9.17, 15) is 10.1 Å². The lowest BCUT2D eigenvalue weighted by molar-refractivity contribution is 0.282. The van der Waals surface area contributed by atoms with Gasteiger partial charge in [0.05, 0.1) is 39.4 Å². The van der Waals surface area contributed by atoms with Gasteiger partial charge in [-0.15, -0.1) is 0 Å². The van der Waals surface area contributed by atoms with Crippen LogP contribution in [-0.2, 0) is 6.61 Å². The maximum atomic E-state index is 13.6. The molecule has 0 fully saturated rings. The second-order valence-electron chi connectivity index (χ2n) is 9.20. The number of aromatic nitrogens is 2. The number of nitrogens with zero attached hydrogens (tertiary/aromatic N) is 4. The van der Waals surface area contributed by atoms with Crippen LogP contribution in [0.15, 0.2) is 104 Å². The summed E-state index contributed by atoms with van der Waals surface area (Å²) >= 11 is 5.65. The number of furan rings is 1. The molecule has 0 unspecified atom stereocenters. The van der Waals surface area contributed by atoms with Gasteiger partial charge in [0.1, 0.15) is 12.2 Å². The van der Waals surface area contributed by atoms with Gasteiger partial charge in [-0.1, -0.05) is 46.3 Å². The van der Waals surface area contributed by atoms with Gasteiger partial charge in [-0.25, -0.2) is 4.98 Å². The molecule has 42 heavy (non-hydrogen) atoms. The fourth-order valence-corrected chi connectivity index (χ4v) is 5.66. The Labute approximate surface area is 262 Å². The van der Waals surface area contributed by atoms with E-state index < -0.39 is 0 Å². The number of para-hydroxylation sites is 1. The van der Waals surface area contributed by atoms with Crippen LogP contribution in [0.2, 0.25) is 0 Å². The summed E-state index contributed by atoms with van der Waals surface area (Å²) in [6, 6.07) is 27.8. The van der Waals surface area contributed by atoms with Gasteiger partial charge in [-0.05, 0) is 82.8 Å². The van der Waals surface area contributed by atoms with Gasteiger partial charge in [0.2, 0.25) is 5.82 Å². The Morgan fingerprint density at radius 2 is 1.90 bits per heavy atom. The number of nitriles is 1. The minimum Gasteiger partial charge on any atom is -0.493 e. The Balaban J connectivity index is 1.39. The van der Waals surface area contributed by atoms with E-state index in [4.69, 9.17) is 18.9 Å². The van der Waals surface area contributed by atoms with E-state index in [1.165, 1.54) is 4.68 Å². The molecule has 0 aliphatic carbocycles. The Kier molecular flexibility index (Phi) is 7.78. The van der Waals surface area contributed by atoms with E-state index in [0.29, 0.717) is 44.9 Å². The Hall–Kier alpha value is -4.47. The predicted molar refractivity (Wildman–Crippen MR) is 173 cm³/mol. The molecule has 0 saturated carbocycles. The second kappa shape index (κ2) is 11.8. The molecule has 0 saturated heterocycles. The van der Waals surface area contributed by atoms with Crippen molar-refractivity contribution in [1.29, 1.82) is 5.26 Å². The molecule has 2 aromatic heterocycles. The lowest BCUT2D eigenvalue weighted by Gasteiger charge is -2.14. The molecule has 6 rings (SSSR count). The first-order chi connectivity index (χ1) is 20.4. The summed E-state index contributed by atoms with van der Waals surface area (Å²) < 4.78 is 20.7. The summed E-state index contributed by atoms with van der Waals surface area (Å²) in [6.07, 6.45) is 1.57. The first-order valence-corrected chi connectivity index (χ1v) is 14.6. The zero-order valence-electron chi connectivity index (χ0n) is 22.0. The third-order valence-corrected chi connectivity index (χ3v) is 7.83. The number of benzene rings is 4. The van der Waals surface area contributed by atoms with Crippen molar-refractivity contribution in [2.75, 3.05) is 7.11 Å². The molecule has 10 heteroatoms. The Bertz CT molecular complexity index is 2110. The van der Waals surface area contributed by atoms with E-state index in [1.807, 2.05) is 54.6 Å². The average Bonchev–Trinajstić information content (AvgIpc) is 3.43. The molecule has 0 atom stereocenters. The topological polar surface area (TPSA) is 103 Å². The maximum Gasteiger partial charge on any atom is 0.282 e. The van der Waals surface area contributed by atoms with Crippen molar-refractivity contribution in [1.82, 2.24) is 9.66 Å². The molecule has 2 heterocycles. The maximum absolute atomic E-state index is 13.6. The van der Waals surface area contributed by atoms with Crippen LogP contribution in [0.5, 0.6) is 11.5 Å². The van der Waals surface area contributed by atoms with E-state index in [0.717, 1.165) is 19.0 Å². The molecular formula is C32H20BrIN4O4. The molecule has 0 radical (unpaired) electrons. The van der Waals surface area contributed by atoms with E-state index in [1.54, 1.807) is 43.7 Å². The second-order valence-corrected chi connectivity index (χ2v) is 11.3. The summed E-state index contributed by atoms with van der Waals surface area (Å²) in [7, 11) is 1.55. The largest absolute Gasteiger partial charge is 0.493 e. The SMILES string of the molecule is COc1cc(C=Nn2c(-c3cc4cc(Br)ccc4o3)nc3ccccc3c2=O)cc(I)c1OCc1ccccc1C#N. The van der Waals surface area contributed by atoms with E-state index in [2.05, 4.69) is 49.7 Å².